The molecule has 0 N–H and O–H groups in total. The number of halogens is 1. The Morgan fingerprint density at radius 3 is 2.48 bits per heavy atom. The number of benzene rings is 1. The number of rotatable bonds is 3. The molecular formula is C14H15ClN4OS. The molecule has 21 heavy (non-hydrogen) atoms. The van der Waals surface area contributed by atoms with Gasteiger partial charge < -0.3 is 4.90 Å². The van der Waals surface area contributed by atoms with Crippen molar-refractivity contribution >= 4 is 28.8 Å². The average molecular weight is 323 g/mol. The summed E-state index contributed by atoms with van der Waals surface area (Å²) < 4.78 is 0.307. The van der Waals surface area contributed by atoms with E-state index in [1.165, 1.54) is 5.56 Å². The lowest BCUT2D eigenvalue weighted by atomic mass is 10.2. The van der Waals surface area contributed by atoms with Crippen LogP contribution in [0.25, 0.3) is 0 Å². The summed E-state index contributed by atoms with van der Waals surface area (Å²) in [6.45, 7) is 4.08. The van der Waals surface area contributed by atoms with Crippen LogP contribution in [-0.4, -0.2) is 52.1 Å². The minimum atomic E-state index is -0.0706. The highest BCUT2D eigenvalue weighted by Gasteiger charge is 2.24. The Balaban J connectivity index is 1.54. The molecule has 1 aliphatic rings. The van der Waals surface area contributed by atoms with Crippen LogP contribution >= 0.6 is 22.9 Å². The molecule has 5 nitrogen and oxygen atoms in total. The number of carbonyl (C=O) groups is 1. The molecule has 7 heteroatoms. The number of nitrogens with zero attached hydrogens (tertiary/aromatic N) is 4. The zero-order valence-corrected chi connectivity index (χ0v) is 13.0. The van der Waals surface area contributed by atoms with Gasteiger partial charge in [-0.25, -0.2) is 0 Å². The number of carbonyl (C=O) groups excluding carboxylic acids is 1. The van der Waals surface area contributed by atoms with Gasteiger partial charge in [-0.3, -0.25) is 9.69 Å². The van der Waals surface area contributed by atoms with Crippen LogP contribution in [0.2, 0.25) is 4.47 Å². The average Bonchev–Trinajstić information content (AvgIpc) is 2.95. The van der Waals surface area contributed by atoms with E-state index in [-0.39, 0.29) is 5.91 Å². The van der Waals surface area contributed by atoms with E-state index in [1.54, 1.807) is 0 Å². The fraction of sp³-hybridized carbons (Fsp3) is 0.357. The van der Waals surface area contributed by atoms with E-state index in [1.807, 2.05) is 23.1 Å². The van der Waals surface area contributed by atoms with Crippen LogP contribution < -0.4 is 0 Å². The number of amides is 1. The highest BCUT2D eigenvalue weighted by molar-refractivity contribution is 7.17. The maximum absolute atomic E-state index is 12.2. The van der Waals surface area contributed by atoms with Crippen LogP contribution in [0.3, 0.4) is 0 Å². The van der Waals surface area contributed by atoms with Crippen LogP contribution in [0.1, 0.15) is 15.4 Å². The molecule has 3 rings (SSSR count). The Morgan fingerprint density at radius 1 is 1.14 bits per heavy atom. The van der Waals surface area contributed by atoms with Gasteiger partial charge in [0.25, 0.3) is 5.91 Å². The van der Waals surface area contributed by atoms with E-state index in [2.05, 4.69) is 27.2 Å². The first-order valence-electron chi connectivity index (χ1n) is 6.77. The van der Waals surface area contributed by atoms with Crippen molar-refractivity contribution in [2.75, 3.05) is 26.2 Å². The Hall–Kier alpha value is -1.50. The molecule has 2 aromatic rings. The maximum Gasteiger partial charge on any atom is 0.284 e. The van der Waals surface area contributed by atoms with Gasteiger partial charge in [0.1, 0.15) is 0 Å². The van der Waals surface area contributed by atoms with E-state index < -0.39 is 0 Å². The van der Waals surface area contributed by atoms with Gasteiger partial charge in [0.05, 0.1) is 0 Å². The first kappa shape index (κ1) is 14.4. The van der Waals surface area contributed by atoms with Crippen molar-refractivity contribution in [3.05, 3.63) is 45.4 Å². The first-order chi connectivity index (χ1) is 10.2. The normalized spacial score (nSPS) is 16.1. The summed E-state index contributed by atoms with van der Waals surface area (Å²) in [5.74, 6) is -0.0706. The second kappa shape index (κ2) is 6.51. The smallest absolute Gasteiger partial charge is 0.284 e. The number of hydrogen-bond acceptors (Lipinski definition) is 5. The molecule has 1 amide bonds. The molecule has 110 valence electrons. The van der Waals surface area contributed by atoms with Gasteiger partial charge in [-0.05, 0) is 17.2 Å². The topological polar surface area (TPSA) is 49.3 Å². The third kappa shape index (κ3) is 3.58. The fourth-order valence-electron chi connectivity index (χ4n) is 2.38. The minimum absolute atomic E-state index is 0.0706. The summed E-state index contributed by atoms with van der Waals surface area (Å²) in [6.07, 6.45) is 0. The van der Waals surface area contributed by atoms with Crippen molar-refractivity contribution in [1.82, 2.24) is 20.0 Å². The summed E-state index contributed by atoms with van der Waals surface area (Å²) >= 11 is 6.85. The molecule has 1 aromatic carbocycles. The van der Waals surface area contributed by atoms with E-state index in [9.17, 15) is 4.79 Å². The lowest BCUT2D eigenvalue weighted by Gasteiger charge is -2.34. The summed E-state index contributed by atoms with van der Waals surface area (Å²) in [5.41, 5.74) is 1.30. The van der Waals surface area contributed by atoms with Gasteiger partial charge in [-0.2, -0.15) is 0 Å². The lowest BCUT2D eigenvalue weighted by molar-refractivity contribution is 0.0627. The quantitative estimate of drug-likeness (QED) is 0.869. The molecule has 1 aromatic heterocycles. The van der Waals surface area contributed by atoms with Gasteiger partial charge in [-0.1, -0.05) is 41.7 Å². The Kier molecular flexibility index (Phi) is 4.48. The fourth-order valence-corrected chi connectivity index (χ4v) is 3.17. The van der Waals surface area contributed by atoms with E-state index in [4.69, 9.17) is 11.6 Å². The Morgan fingerprint density at radius 2 is 1.86 bits per heavy atom. The third-order valence-electron chi connectivity index (χ3n) is 3.49. The predicted molar refractivity (Wildman–Crippen MR) is 82.5 cm³/mol. The molecule has 0 aliphatic carbocycles. The highest BCUT2D eigenvalue weighted by atomic mass is 35.5. The lowest BCUT2D eigenvalue weighted by Crippen LogP contribution is -2.48. The summed E-state index contributed by atoms with van der Waals surface area (Å²) in [4.78, 5) is 16.4. The van der Waals surface area contributed by atoms with E-state index >= 15 is 0 Å². The monoisotopic (exact) mass is 322 g/mol. The third-order valence-corrected chi connectivity index (χ3v) is 4.50. The van der Waals surface area contributed by atoms with Crippen molar-refractivity contribution in [3.8, 4) is 0 Å². The maximum atomic E-state index is 12.2. The summed E-state index contributed by atoms with van der Waals surface area (Å²) in [5, 5.41) is 7.86. The molecule has 0 unspecified atom stereocenters. The molecule has 1 aliphatic heterocycles. The number of hydrogen-bond donors (Lipinski definition) is 0. The van der Waals surface area contributed by atoms with Gasteiger partial charge in [0, 0.05) is 32.7 Å². The molecule has 0 saturated carbocycles. The Bertz CT molecular complexity index is 610. The van der Waals surface area contributed by atoms with Gasteiger partial charge >= 0.3 is 0 Å². The Labute approximate surface area is 132 Å². The van der Waals surface area contributed by atoms with Crippen LogP contribution in [-0.2, 0) is 6.54 Å². The molecule has 1 fully saturated rings. The van der Waals surface area contributed by atoms with Crippen LogP contribution in [0.5, 0.6) is 0 Å². The minimum Gasteiger partial charge on any atom is -0.334 e. The zero-order chi connectivity index (χ0) is 14.7. The molecule has 2 heterocycles. The van der Waals surface area contributed by atoms with Crippen molar-refractivity contribution in [2.24, 2.45) is 0 Å². The van der Waals surface area contributed by atoms with Crippen LogP contribution in [0.15, 0.2) is 30.3 Å². The molecule has 0 radical (unpaired) electrons. The van der Waals surface area contributed by atoms with Crippen molar-refractivity contribution in [2.45, 2.75) is 6.54 Å². The second-order valence-corrected chi connectivity index (χ2v) is 6.47. The number of aromatic nitrogens is 2. The predicted octanol–water partition coefficient (Wildman–Crippen LogP) is 2.15. The zero-order valence-electron chi connectivity index (χ0n) is 11.4. The summed E-state index contributed by atoms with van der Waals surface area (Å²) in [7, 11) is 0. The highest BCUT2D eigenvalue weighted by Crippen LogP contribution is 2.18. The molecule has 0 bridgehead atoms. The van der Waals surface area contributed by atoms with Gasteiger partial charge in [-0.15, -0.1) is 10.2 Å². The van der Waals surface area contributed by atoms with Crippen molar-refractivity contribution in [1.29, 1.82) is 0 Å². The van der Waals surface area contributed by atoms with Crippen molar-refractivity contribution < 1.29 is 4.79 Å². The molecular weight excluding hydrogens is 308 g/mol. The van der Waals surface area contributed by atoms with E-state index in [0.717, 1.165) is 31.0 Å². The second-order valence-electron chi connectivity index (χ2n) is 4.91. The molecule has 0 spiro atoms. The summed E-state index contributed by atoms with van der Waals surface area (Å²) in [6, 6.07) is 10.4. The molecule has 1 saturated heterocycles. The molecule has 0 atom stereocenters. The standard InChI is InChI=1S/C14H15ClN4OS/c15-14-17-16-12(21-14)13(20)19-8-6-18(7-9-19)10-11-4-2-1-3-5-11/h1-5H,6-10H2. The van der Waals surface area contributed by atoms with Gasteiger partial charge in [0.2, 0.25) is 9.47 Å². The number of piperazine rings is 1. The van der Waals surface area contributed by atoms with Gasteiger partial charge in [0.15, 0.2) is 0 Å². The van der Waals surface area contributed by atoms with E-state index in [0.29, 0.717) is 22.6 Å². The van der Waals surface area contributed by atoms with Crippen LogP contribution in [0, 0.1) is 0 Å². The largest absolute Gasteiger partial charge is 0.334 e. The first-order valence-corrected chi connectivity index (χ1v) is 7.96. The van der Waals surface area contributed by atoms with Crippen LogP contribution in [0.4, 0.5) is 0 Å². The van der Waals surface area contributed by atoms with Crippen molar-refractivity contribution in [3.63, 3.8) is 0 Å². The SMILES string of the molecule is O=C(c1nnc(Cl)s1)N1CCN(Cc2ccccc2)CC1.